The highest BCUT2D eigenvalue weighted by Crippen LogP contribution is 2.40. The Labute approximate surface area is 197 Å². The molecule has 3 aromatic rings. The highest BCUT2D eigenvalue weighted by molar-refractivity contribution is 7.15. The molecule has 0 bridgehead atoms. The summed E-state index contributed by atoms with van der Waals surface area (Å²) in [5, 5.41) is 4.13. The van der Waals surface area contributed by atoms with E-state index in [1.54, 1.807) is 23.7 Å². The van der Waals surface area contributed by atoms with Crippen LogP contribution in [0.4, 0.5) is 0 Å². The Balaban J connectivity index is 0.00000160. The Kier molecular flexibility index (Phi) is 8.94. The van der Waals surface area contributed by atoms with Crippen molar-refractivity contribution in [2.24, 2.45) is 0 Å². The third-order valence-corrected chi connectivity index (χ3v) is 6.58. The van der Waals surface area contributed by atoms with Crippen LogP contribution in [0.3, 0.4) is 0 Å². The van der Waals surface area contributed by atoms with E-state index in [1.165, 1.54) is 0 Å². The summed E-state index contributed by atoms with van der Waals surface area (Å²) in [7, 11) is 0. The van der Waals surface area contributed by atoms with Crippen molar-refractivity contribution in [2.45, 2.75) is 5.54 Å². The molecule has 1 aliphatic heterocycles. The molecule has 1 atom stereocenters. The number of aromatic nitrogens is 1. The Morgan fingerprint density at radius 2 is 2.03 bits per heavy atom. The van der Waals surface area contributed by atoms with Gasteiger partial charge >= 0.3 is 0 Å². The second-order valence-corrected chi connectivity index (χ2v) is 8.12. The maximum atomic E-state index is 11.9. The van der Waals surface area contributed by atoms with Gasteiger partial charge in [-0.05, 0) is 30.3 Å². The van der Waals surface area contributed by atoms with Gasteiger partial charge in [0.05, 0.1) is 6.20 Å². The molecule has 4 rings (SSSR count). The van der Waals surface area contributed by atoms with Crippen LogP contribution in [-0.4, -0.2) is 42.5 Å². The Morgan fingerprint density at radius 1 is 1.20 bits per heavy atom. The summed E-state index contributed by atoms with van der Waals surface area (Å²) >= 11 is 8.02. The van der Waals surface area contributed by atoms with Crippen LogP contribution in [0.1, 0.15) is 4.88 Å². The minimum Gasteiger partial charge on any atom is -0.489 e. The molecule has 1 unspecified atom stereocenters. The first-order chi connectivity index (χ1) is 13.7. The van der Waals surface area contributed by atoms with Crippen molar-refractivity contribution in [3.8, 4) is 16.2 Å². The Hall–Kier alpha value is -1.83. The van der Waals surface area contributed by atoms with Gasteiger partial charge in [-0.1, -0.05) is 29.8 Å². The number of pyridine rings is 1. The molecule has 1 fully saturated rings. The summed E-state index contributed by atoms with van der Waals surface area (Å²) in [5.74, 6) is 0.682. The van der Waals surface area contributed by atoms with Crippen LogP contribution in [0.15, 0.2) is 60.9 Å². The fourth-order valence-electron chi connectivity index (χ4n) is 3.43. The molecule has 9 heteroatoms. The van der Waals surface area contributed by atoms with Crippen LogP contribution in [0.25, 0.3) is 10.4 Å². The highest BCUT2D eigenvalue weighted by atomic mass is 35.5. The number of nitrogens with zero attached hydrogens (tertiary/aromatic N) is 2. The van der Waals surface area contributed by atoms with Gasteiger partial charge in [0.25, 0.3) is 0 Å². The first-order valence-corrected chi connectivity index (χ1v) is 10.2. The minimum absolute atomic E-state index is 0. The molecule has 1 amide bonds. The number of hydrogen-bond donors (Lipinski definition) is 1. The number of halogens is 3. The van der Waals surface area contributed by atoms with Crippen LogP contribution in [-0.2, 0) is 10.3 Å². The zero-order valence-corrected chi connectivity index (χ0v) is 19.2. The lowest BCUT2D eigenvalue weighted by atomic mass is 9.94. The van der Waals surface area contributed by atoms with Gasteiger partial charge in [-0.25, -0.2) is 0 Å². The summed E-state index contributed by atoms with van der Waals surface area (Å²) in [6.45, 7) is 2.34. The van der Waals surface area contributed by atoms with Gasteiger partial charge in [0.1, 0.15) is 17.9 Å². The van der Waals surface area contributed by atoms with Gasteiger partial charge in [-0.2, -0.15) is 0 Å². The Morgan fingerprint density at radius 3 is 2.77 bits per heavy atom. The van der Waals surface area contributed by atoms with Crippen molar-refractivity contribution in [3.05, 3.63) is 70.8 Å². The molecule has 1 aromatic carbocycles. The van der Waals surface area contributed by atoms with Crippen molar-refractivity contribution in [1.82, 2.24) is 15.2 Å². The largest absolute Gasteiger partial charge is 0.489 e. The van der Waals surface area contributed by atoms with E-state index in [0.29, 0.717) is 30.5 Å². The average Bonchev–Trinajstić information content (AvgIpc) is 3.24. The zero-order chi connectivity index (χ0) is 19.4. The Bertz CT molecular complexity index is 957. The number of carbonyl (C=O) groups excluding carboxylic acids is 1. The van der Waals surface area contributed by atoms with Crippen LogP contribution in [0.2, 0.25) is 5.02 Å². The van der Waals surface area contributed by atoms with E-state index < -0.39 is 5.54 Å². The van der Waals surface area contributed by atoms with Gasteiger partial charge in [0.2, 0.25) is 6.41 Å². The van der Waals surface area contributed by atoms with Crippen LogP contribution < -0.4 is 10.1 Å². The second-order valence-electron chi connectivity index (χ2n) is 6.63. The molecule has 0 aliphatic carbocycles. The lowest BCUT2D eigenvalue weighted by Gasteiger charge is -2.44. The first-order valence-electron chi connectivity index (χ1n) is 9.04. The number of thiophene rings is 1. The van der Waals surface area contributed by atoms with Crippen LogP contribution in [0, 0.1) is 0 Å². The summed E-state index contributed by atoms with van der Waals surface area (Å²) < 4.78 is 6.05. The third-order valence-electron chi connectivity index (χ3n) is 4.94. The number of rotatable bonds is 6. The van der Waals surface area contributed by atoms with Crippen molar-refractivity contribution in [3.63, 3.8) is 0 Å². The predicted molar refractivity (Wildman–Crippen MR) is 126 cm³/mol. The van der Waals surface area contributed by atoms with E-state index >= 15 is 0 Å². The van der Waals surface area contributed by atoms with E-state index in [-0.39, 0.29) is 24.8 Å². The molecular weight excluding hydrogens is 465 g/mol. The normalized spacial score (nSPS) is 18.1. The van der Waals surface area contributed by atoms with Gasteiger partial charge in [-0.3, -0.25) is 9.78 Å². The molecule has 30 heavy (non-hydrogen) atoms. The molecule has 1 aliphatic rings. The quantitative estimate of drug-likeness (QED) is 0.516. The highest BCUT2D eigenvalue weighted by Gasteiger charge is 2.42. The van der Waals surface area contributed by atoms with E-state index in [4.69, 9.17) is 16.3 Å². The summed E-state index contributed by atoms with van der Waals surface area (Å²) in [6, 6.07) is 15.6. The monoisotopic (exact) mass is 485 g/mol. The second kappa shape index (κ2) is 11.0. The standard InChI is InChI=1S/C21H20ClN3O2S.2ClH/c22-18-6-2-1-5-17(18)19-7-8-20(28-19)21(13-24-10-11-25(21)15-26)14-27-16-4-3-9-23-12-16;;/h1-9,12,15,24H,10-11,13-14H2;2*1H. The topological polar surface area (TPSA) is 54.5 Å². The van der Waals surface area contributed by atoms with Gasteiger partial charge in [-0.15, -0.1) is 36.2 Å². The van der Waals surface area contributed by atoms with Gasteiger partial charge < -0.3 is 15.0 Å². The molecular formula is C21H22Cl3N3O2S. The number of carbonyl (C=O) groups is 1. The lowest BCUT2D eigenvalue weighted by Crippen LogP contribution is -2.61. The molecule has 0 saturated carbocycles. The van der Waals surface area contributed by atoms with Crippen molar-refractivity contribution >= 4 is 54.2 Å². The number of benzene rings is 1. The molecule has 2 aromatic heterocycles. The smallest absolute Gasteiger partial charge is 0.210 e. The van der Waals surface area contributed by atoms with E-state index in [0.717, 1.165) is 28.3 Å². The van der Waals surface area contributed by atoms with Crippen LogP contribution in [0.5, 0.6) is 5.75 Å². The molecule has 0 radical (unpaired) electrons. The molecule has 5 nitrogen and oxygen atoms in total. The maximum absolute atomic E-state index is 11.9. The fraction of sp³-hybridized carbons (Fsp3) is 0.238. The molecule has 3 heterocycles. The lowest BCUT2D eigenvalue weighted by molar-refractivity contribution is -0.127. The van der Waals surface area contributed by atoms with Crippen molar-refractivity contribution in [1.29, 1.82) is 0 Å². The maximum Gasteiger partial charge on any atom is 0.210 e. The zero-order valence-electron chi connectivity index (χ0n) is 16.0. The van der Waals surface area contributed by atoms with Gasteiger partial charge in [0, 0.05) is 46.2 Å². The number of hydrogen-bond acceptors (Lipinski definition) is 5. The van der Waals surface area contributed by atoms with Gasteiger partial charge in [0.15, 0.2) is 0 Å². The third kappa shape index (κ3) is 4.90. The SMILES string of the molecule is Cl.Cl.O=CN1CCNCC1(COc1cccnc1)c1ccc(-c2ccccc2Cl)s1. The van der Waals surface area contributed by atoms with E-state index in [2.05, 4.69) is 22.4 Å². The average molecular weight is 487 g/mol. The summed E-state index contributed by atoms with van der Waals surface area (Å²) in [5.41, 5.74) is 0.408. The molecule has 1 saturated heterocycles. The molecule has 0 spiro atoms. The number of amides is 1. The first kappa shape index (κ1) is 24.4. The number of piperazine rings is 1. The fourth-order valence-corrected chi connectivity index (χ4v) is 4.96. The molecule has 1 N–H and O–H groups in total. The molecule has 160 valence electrons. The van der Waals surface area contributed by atoms with Crippen molar-refractivity contribution in [2.75, 3.05) is 26.2 Å². The van der Waals surface area contributed by atoms with Crippen molar-refractivity contribution < 1.29 is 9.53 Å². The van der Waals surface area contributed by atoms with E-state index in [1.807, 2.05) is 41.3 Å². The summed E-state index contributed by atoms with van der Waals surface area (Å²) in [4.78, 5) is 20.0. The predicted octanol–water partition coefficient (Wildman–Crippen LogP) is 4.64. The number of ether oxygens (including phenoxy) is 1. The summed E-state index contributed by atoms with van der Waals surface area (Å²) in [6.07, 6.45) is 4.30. The number of nitrogens with one attached hydrogen (secondary N) is 1. The van der Waals surface area contributed by atoms with Crippen LogP contribution >= 0.6 is 47.8 Å². The van der Waals surface area contributed by atoms with E-state index in [9.17, 15) is 4.79 Å². The minimum atomic E-state index is -0.583.